The molecule has 2 aromatic rings. The number of rotatable bonds is 2. The molecular weight excluding hydrogens is 358 g/mol. The van der Waals surface area contributed by atoms with Crippen molar-refractivity contribution in [2.24, 2.45) is 4.99 Å². The molecule has 0 bridgehead atoms. The Kier molecular flexibility index (Phi) is 4.66. The van der Waals surface area contributed by atoms with Crippen molar-refractivity contribution in [1.82, 2.24) is 19.8 Å². The van der Waals surface area contributed by atoms with Crippen LogP contribution in [0.1, 0.15) is 47.6 Å². The van der Waals surface area contributed by atoms with Gasteiger partial charge in [-0.2, -0.15) is 0 Å². The highest BCUT2D eigenvalue weighted by Gasteiger charge is 2.29. The second-order valence-electron chi connectivity index (χ2n) is 8.25. The molecule has 29 heavy (non-hydrogen) atoms. The summed E-state index contributed by atoms with van der Waals surface area (Å²) in [6.45, 7) is 6.25. The van der Waals surface area contributed by atoms with E-state index in [1.165, 1.54) is 37.7 Å². The van der Waals surface area contributed by atoms with Crippen LogP contribution in [0.4, 0.5) is 0 Å². The lowest BCUT2D eigenvalue weighted by molar-refractivity contribution is 0.284. The molecule has 0 saturated carbocycles. The van der Waals surface area contributed by atoms with E-state index in [1.54, 1.807) is 23.7 Å². The zero-order chi connectivity index (χ0) is 19.8. The summed E-state index contributed by atoms with van der Waals surface area (Å²) in [7, 11) is 2.05. The van der Waals surface area contributed by atoms with E-state index >= 15 is 0 Å². The molecule has 5 heteroatoms. The summed E-state index contributed by atoms with van der Waals surface area (Å²) < 4.78 is 0. The molecule has 1 fully saturated rings. The van der Waals surface area contributed by atoms with Gasteiger partial charge in [-0.3, -0.25) is 0 Å². The summed E-state index contributed by atoms with van der Waals surface area (Å²) in [6, 6.07) is 9.08. The summed E-state index contributed by atoms with van der Waals surface area (Å²) in [6.07, 6.45) is 11.5. The zero-order valence-corrected chi connectivity index (χ0v) is 17.0. The van der Waals surface area contributed by atoms with Crippen LogP contribution >= 0.6 is 0 Å². The third-order valence-corrected chi connectivity index (χ3v) is 6.40. The number of aliphatic imine (C=N–C) groups is 1. The highest BCUT2D eigenvalue weighted by molar-refractivity contribution is 5.90. The van der Waals surface area contributed by atoms with Crippen molar-refractivity contribution in [3.8, 4) is 0 Å². The fourth-order valence-electron chi connectivity index (χ4n) is 4.73. The molecule has 148 valence electrons. The fraction of sp³-hybridized carbons (Fsp3) is 0.375. The van der Waals surface area contributed by atoms with Gasteiger partial charge in [0.1, 0.15) is 6.33 Å². The number of nitrogens with zero attached hydrogens (tertiary/aromatic N) is 5. The van der Waals surface area contributed by atoms with Gasteiger partial charge >= 0.3 is 0 Å². The van der Waals surface area contributed by atoms with Crippen LogP contribution in [0.3, 0.4) is 0 Å². The Morgan fingerprint density at radius 1 is 1.10 bits per heavy atom. The van der Waals surface area contributed by atoms with Gasteiger partial charge in [-0.15, -0.1) is 0 Å². The molecule has 1 saturated heterocycles. The standard InChI is InChI=1S/C24H27N5/c1-17-13-23(22-10-11-25-16-26-22)27-24(28(17)2)29-12-4-7-21(15-29)20-9-8-18-5-3-6-19(18)14-20/h8-11,13-14,16,21H,1,3-7,12,15H2,2H3. The maximum atomic E-state index is 4.97. The van der Waals surface area contributed by atoms with Gasteiger partial charge in [0.2, 0.25) is 5.96 Å². The first-order valence-electron chi connectivity index (χ1n) is 10.5. The second kappa shape index (κ2) is 7.47. The first-order chi connectivity index (χ1) is 14.2. The first kappa shape index (κ1) is 18.1. The number of likely N-dealkylation sites (N-methyl/N-ethyl adjacent to an activating group) is 1. The van der Waals surface area contributed by atoms with Gasteiger partial charge in [0.25, 0.3) is 0 Å². The molecule has 0 amide bonds. The predicted octanol–water partition coefficient (Wildman–Crippen LogP) is 4.00. The lowest BCUT2D eigenvalue weighted by Gasteiger charge is -2.39. The number of piperidine rings is 1. The van der Waals surface area contributed by atoms with Gasteiger partial charge in [-0.25, -0.2) is 15.0 Å². The van der Waals surface area contributed by atoms with Crippen LogP contribution in [-0.4, -0.2) is 45.9 Å². The van der Waals surface area contributed by atoms with E-state index in [4.69, 9.17) is 4.99 Å². The van der Waals surface area contributed by atoms with Gasteiger partial charge in [-0.1, -0.05) is 24.8 Å². The number of allylic oxidation sites excluding steroid dienone is 1. The number of aromatic nitrogens is 2. The molecule has 3 heterocycles. The largest absolute Gasteiger partial charge is 0.342 e. The van der Waals surface area contributed by atoms with Crippen LogP contribution in [-0.2, 0) is 12.8 Å². The van der Waals surface area contributed by atoms with Crippen LogP contribution in [0.25, 0.3) is 5.70 Å². The predicted molar refractivity (Wildman–Crippen MR) is 116 cm³/mol. The Balaban J connectivity index is 1.41. The molecule has 2 aliphatic heterocycles. The summed E-state index contributed by atoms with van der Waals surface area (Å²) in [4.78, 5) is 17.9. The molecule has 5 nitrogen and oxygen atoms in total. The minimum absolute atomic E-state index is 0.549. The molecule has 5 rings (SSSR count). The zero-order valence-electron chi connectivity index (χ0n) is 17.0. The number of benzene rings is 1. The van der Waals surface area contributed by atoms with E-state index in [9.17, 15) is 0 Å². The highest BCUT2D eigenvalue weighted by Crippen LogP contribution is 2.33. The molecule has 1 aromatic carbocycles. The average Bonchev–Trinajstić information content (AvgIpc) is 3.24. The number of hydrogen-bond donors (Lipinski definition) is 0. The number of guanidine groups is 1. The van der Waals surface area contributed by atoms with Crippen LogP contribution in [0.2, 0.25) is 0 Å². The van der Waals surface area contributed by atoms with Crippen LogP contribution in [0, 0.1) is 0 Å². The Bertz CT molecular complexity index is 992. The molecule has 1 aromatic heterocycles. The quantitative estimate of drug-likeness (QED) is 0.784. The minimum atomic E-state index is 0.549. The van der Waals surface area contributed by atoms with E-state index in [2.05, 4.69) is 44.5 Å². The van der Waals surface area contributed by atoms with E-state index < -0.39 is 0 Å². The lowest BCUT2D eigenvalue weighted by atomic mass is 9.89. The molecular formula is C24H27N5. The third kappa shape index (κ3) is 3.46. The van der Waals surface area contributed by atoms with Crippen molar-refractivity contribution in [3.63, 3.8) is 0 Å². The SMILES string of the molecule is C=C1C=C(c2ccncn2)N=C(N2CCCC(c3ccc4c(c3)CCC4)C2)N1C. The number of fused-ring (bicyclic) bond motifs is 1. The van der Waals surface area contributed by atoms with Crippen molar-refractivity contribution in [1.29, 1.82) is 0 Å². The van der Waals surface area contributed by atoms with E-state index in [0.29, 0.717) is 5.92 Å². The molecule has 1 atom stereocenters. The number of hydrogen-bond acceptors (Lipinski definition) is 5. The van der Waals surface area contributed by atoms with Crippen molar-refractivity contribution in [3.05, 3.63) is 77.5 Å². The van der Waals surface area contributed by atoms with Crippen molar-refractivity contribution in [2.75, 3.05) is 20.1 Å². The lowest BCUT2D eigenvalue weighted by Crippen LogP contribution is -2.47. The van der Waals surface area contributed by atoms with Gasteiger partial charge < -0.3 is 9.80 Å². The van der Waals surface area contributed by atoms with Crippen LogP contribution in [0.15, 0.2) is 60.1 Å². The topological polar surface area (TPSA) is 44.6 Å². The molecule has 0 N–H and O–H groups in total. The highest BCUT2D eigenvalue weighted by atomic mass is 15.4. The maximum Gasteiger partial charge on any atom is 0.206 e. The fourth-order valence-corrected chi connectivity index (χ4v) is 4.73. The summed E-state index contributed by atoms with van der Waals surface area (Å²) in [5.41, 5.74) is 7.22. The summed E-state index contributed by atoms with van der Waals surface area (Å²) in [5.74, 6) is 1.52. The average molecular weight is 386 g/mol. The molecule has 1 unspecified atom stereocenters. The van der Waals surface area contributed by atoms with Gasteiger partial charge in [-0.05, 0) is 60.9 Å². The Labute approximate surface area is 172 Å². The van der Waals surface area contributed by atoms with Crippen molar-refractivity contribution >= 4 is 11.7 Å². The normalized spacial score (nSPS) is 21.7. The van der Waals surface area contributed by atoms with Crippen molar-refractivity contribution < 1.29 is 0 Å². The number of aryl methyl sites for hydroxylation is 2. The molecule has 0 radical (unpaired) electrons. The monoisotopic (exact) mass is 385 g/mol. The molecule has 1 aliphatic carbocycles. The summed E-state index contributed by atoms with van der Waals surface area (Å²) >= 11 is 0. The second-order valence-corrected chi connectivity index (χ2v) is 8.25. The minimum Gasteiger partial charge on any atom is -0.342 e. The maximum absolute atomic E-state index is 4.97. The van der Waals surface area contributed by atoms with Gasteiger partial charge in [0, 0.05) is 37.9 Å². The van der Waals surface area contributed by atoms with Gasteiger partial charge in [0.15, 0.2) is 0 Å². The first-order valence-corrected chi connectivity index (χ1v) is 10.5. The van der Waals surface area contributed by atoms with E-state index in [1.807, 2.05) is 19.2 Å². The van der Waals surface area contributed by atoms with E-state index in [-0.39, 0.29) is 0 Å². The summed E-state index contributed by atoms with van der Waals surface area (Å²) in [5, 5.41) is 0. The molecule has 0 spiro atoms. The van der Waals surface area contributed by atoms with E-state index in [0.717, 1.165) is 36.1 Å². The molecule has 3 aliphatic rings. The van der Waals surface area contributed by atoms with Crippen LogP contribution < -0.4 is 0 Å². The third-order valence-electron chi connectivity index (χ3n) is 6.40. The number of likely N-dealkylation sites (tertiary alicyclic amines) is 1. The van der Waals surface area contributed by atoms with Gasteiger partial charge in [0.05, 0.1) is 11.4 Å². The Morgan fingerprint density at radius 2 is 2.00 bits per heavy atom. The van der Waals surface area contributed by atoms with Crippen LogP contribution in [0.5, 0.6) is 0 Å². The smallest absolute Gasteiger partial charge is 0.206 e. The Hall–Kier alpha value is -2.95. The van der Waals surface area contributed by atoms with Crippen molar-refractivity contribution in [2.45, 2.75) is 38.0 Å². The Morgan fingerprint density at radius 3 is 2.86 bits per heavy atom.